The fourth-order valence-corrected chi connectivity index (χ4v) is 2.58. The smallest absolute Gasteiger partial charge is 0.265 e. The van der Waals surface area contributed by atoms with E-state index in [0.29, 0.717) is 11.5 Å². The zero-order valence-corrected chi connectivity index (χ0v) is 14.9. The first-order valence-corrected chi connectivity index (χ1v) is 7.95. The van der Waals surface area contributed by atoms with Gasteiger partial charge in [-0.1, -0.05) is 6.07 Å². The average Bonchev–Trinajstić information content (AvgIpc) is 2.50. The van der Waals surface area contributed by atoms with Crippen molar-refractivity contribution in [2.24, 2.45) is 0 Å². The van der Waals surface area contributed by atoms with E-state index in [9.17, 15) is 4.79 Å². The van der Waals surface area contributed by atoms with Crippen molar-refractivity contribution in [2.75, 3.05) is 12.4 Å². The van der Waals surface area contributed by atoms with Gasteiger partial charge in [0.1, 0.15) is 11.5 Å². The normalized spacial score (nSPS) is 11.6. The van der Waals surface area contributed by atoms with Crippen molar-refractivity contribution in [3.63, 3.8) is 0 Å². The lowest BCUT2D eigenvalue weighted by molar-refractivity contribution is -0.122. The molecule has 0 aromatic heterocycles. The van der Waals surface area contributed by atoms with Crippen LogP contribution in [0.15, 0.2) is 42.5 Å². The van der Waals surface area contributed by atoms with E-state index in [1.165, 1.54) is 0 Å². The summed E-state index contributed by atoms with van der Waals surface area (Å²) in [5, 5.41) is 2.89. The van der Waals surface area contributed by atoms with E-state index in [1.807, 2.05) is 37.3 Å². The van der Waals surface area contributed by atoms with Crippen LogP contribution in [0.25, 0.3) is 0 Å². The van der Waals surface area contributed by atoms with E-state index >= 15 is 0 Å². The number of carbonyl (C=O) groups excluding carboxylic acids is 1. The molecule has 0 bridgehead atoms. The topological polar surface area (TPSA) is 47.6 Å². The maximum Gasteiger partial charge on any atom is 0.265 e. The van der Waals surface area contributed by atoms with Gasteiger partial charge in [-0.25, -0.2) is 0 Å². The molecule has 0 aliphatic rings. The zero-order chi connectivity index (χ0) is 16.1. The quantitative estimate of drug-likeness (QED) is 0.757. The van der Waals surface area contributed by atoms with Crippen molar-refractivity contribution in [1.82, 2.24) is 0 Å². The predicted molar refractivity (Wildman–Crippen MR) is 95.6 cm³/mol. The molecule has 0 saturated carbocycles. The lowest BCUT2D eigenvalue weighted by Gasteiger charge is -2.16. The molecule has 5 heteroatoms. The van der Waals surface area contributed by atoms with Gasteiger partial charge in [-0.3, -0.25) is 4.79 Å². The molecule has 1 N–H and O–H groups in total. The molecule has 0 fully saturated rings. The Morgan fingerprint density at radius 1 is 1.18 bits per heavy atom. The SMILES string of the molecule is COc1cccc(O[C@@H](C)C(=O)Nc2ccc(I)cc2C)c1. The number of hydrogen-bond donors (Lipinski definition) is 1. The highest BCUT2D eigenvalue weighted by molar-refractivity contribution is 14.1. The molecule has 0 spiro atoms. The van der Waals surface area contributed by atoms with E-state index in [1.54, 1.807) is 26.2 Å². The molecule has 4 nitrogen and oxygen atoms in total. The van der Waals surface area contributed by atoms with Gasteiger partial charge in [0.15, 0.2) is 6.10 Å². The highest BCUT2D eigenvalue weighted by Crippen LogP contribution is 2.21. The van der Waals surface area contributed by atoms with Gasteiger partial charge in [-0.05, 0) is 72.3 Å². The Balaban J connectivity index is 2.02. The van der Waals surface area contributed by atoms with Crippen molar-refractivity contribution in [3.8, 4) is 11.5 Å². The van der Waals surface area contributed by atoms with E-state index < -0.39 is 6.10 Å². The molecule has 1 atom stereocenters. The van der Waals surface area contributed by atoms with Crippen LogP contribution in [0.1, 0.15) is 12.5 Å². The molecule has 2 aromatic rings. The summed E-state index contributed by atoms with van der Waals surface area (Å²) < 4.78 is 11.9. The number of carbonyl (C=O) groups is 1. The second-order valence-corrected chi connectivity index (χ2v) is 6.13. The largest absolute Gasteiger partial charge is 0.497 e. The van der Waals surface area contributed by atoms with Crippen molar-refractivity contribution < 1.29 is 14.3 Å². The summed E-state index contributed by atoms with van der Waals surface area (Å²) in [7, 11) is 1.59. The number of nitrogens with one attached hydrogen (secondary N) is 1. The molecule has 1 amide bonds. The van der Waals surface area contributed by atoms with Gasteiger partial charge in [-0.15, -0.1) is 0 Å². The number of hydrogen-bond acceptors (Lipinski definition) is 3. The van der Waals surface area contributed by atoms with Gasteiger partial charge in [-0.2, -0.15) is 0 Å². The van der Waals surface area contributed by atoms with Crippen LogP contribution >= 0.6 is 22.6 Å². The molecule has 0 aliphatic heterocycles. The van der Waals surface area contributed by atoms with Crippen LogP contribution in [0.5, 0.6) is 11.5 Å². The number of benzene rings is 2. The van der Waals surface area contributed by atoms with Crippen LogP contribution in [0, 0.1) is 10.5 Å². The van der Waals surface area contributed by atoms with E-state index in [-0.39, 0.29) is 5.91 Å². The Morgan fingerprint density at radius 2 is 1.91 bits per heavy atom. The summed E-state index contributed by atoms with van der Waals surface area (Å²) in [5.41, 5.74) is 1.82. The molecular formula is C17H18INO3. The fourth-order valence-electron chi connectivity index (χ4n) is 1.93. The van der Waals surface area contributed by atoms with Gasteiger partial charge < -0.3 is 14.8 Å². The Kier molecular flexibility index (Phi) is 5.65. The highest BCUT2D eigenvalue weighted by Gasteiger charge is 2.16. The lowest BCUT2D eigenvalue weighted by Crippen LogP contribution is -2.30. The molecule has 0 saturated heterocycles. The molecule has 0 heterocycles. The third kappa shape index (κ3) is 4.37. The fraction of sp³-hybridized carbons (Fsp3) is 0.235. The van der Waals surface area contributed by atoms with Gasteiger partial charge >= 0.3 is 0 Å². The summed E-state index contributed by atoms with van der Waals surface area (Å²) >= 11 is 2.24. The van der Waals surface area contributed by atoms with E-state index in [4.69, 9.17) is 9.47 Å². The Bertz CT molecular complexity index is 673. The van der Waals surface area contributed by atoms with Gasteiger partial charge in [0.25, 0.3) is 5.91 Å². The second-order valence-electron chi connectivity index (χ2n) is 4.89. The first kappa shape index (κ1) is 16.6. The summed E-state index contributed by atoms with van der Waals surface area (Å²) in [5.74, 6) is 1.10. The molecule has 116 valence electrons. The average molecular weight is 411 g/mol. The molecule has 2 aromatic carbocycles. The first-order valence-electron chi connectivity index (χ1n) is 6.87. The molecule has 0 aliphatic carbocycles. The number of rotatable bonds is 5. The highest BCUT2D eigenvalue weighted by atomic mass is 127. The van der Waals surface area contributed by atoms with Crippen LogP contribution in [0.2, 0.25) is 0 Å². The van der Waals surface area contributed by atoms with Crippen LogP contribution in [0.4, 0.5) is 5.69 Å². The first-order chi connectivity index (χ1) is 10.5. The summed E-state index contributed by atoms with van der Waals surface area (Å²) in [6, 6.07) is 13.1. The van der Waals surface area contributed by atoms with Gasteiger partial charge in [0.05, 0.1) is 7.11 Å². The third-order valence-corrected chi connectivity index (χ3v) is 3.84. The zero-order valence-electron chi connectivity index (χ0n) is 12.7. The van der Waals surface area contributed by atoms with Gasteiger partial charge in [0.2, 0.25) is 0 Å². The Hall–Kier alpha value is -1.76. The van der Waals surface area contributed by atoms with Crippen LogP contribution in [-0.2, 0) is 4.79 Å². The van der Waals surface area contributed by atoms with Gasteiger partial charge in [0, 0.05) is 15.3 Å². The van der Waals surface area contributed by atoms with Crippen LogP contribution in [0.3, 0.4) is 0 Å². The van der Waals surface area contributed by atoms with Crippen molar-refractivity contribution in [1.29, 1.82) is 0 Å². The molecule has 0 radical (unpaired) electrons. The maximum absolute atomic E-state index is 12.2. The van der Waals surface area contributed by atoms with Crippen molar-refractivity contribution >= 4 is 34.2 Å². The van der Waals surface area contributed by atoms with Crippen molar-refractivity contribution in [2.45, 2.75) is 20.0 Å². The minimum absolute atomic E-state index is 0.188. The second kappa shape index (κ2) is 7.49. The maximum atomic E-state index is 12.2. The monoisotopic (exact) mass is 411 g/mol. The van der Waals surface area contributed by atoms with Crippen LogP contribution in [-0.4, -0.2) is 19.1 Å². The van der Waals surface area contributed by atoms with E-state index in [0.717, 1.165) is 14.8 Å². The number of aryl methyl sites for hydroxylation is 1. The summed E-state index contributed by atoms with van der Waals surface area (Å²) in [6.07, 6.45) is -0.606. The molecular weight excluding hydrogens is 393 g/mol. The van der Waals surface area contributed by atoms with Crippen LogP contribution < -0.4 is 14.8 Å². The number of anilines is 1. The molecule has 0 unspecified atom stereocenters. The third-order valence-electron chi connectivity index (χ3n) is 3.17. The minimum Gasteiger partial charge on any atom is -0.497 e. The lowest BCUT2D eigenvalue weighted by atomic mass is 10.2. The van der Waals surface area contributed by atoms with E-state index in [2.05, 4.69) is 27.9 Å². The minimum atomic E-state index is -0.606. The predicted octanol–water partition coefficient (Wildman–Crippen LogP) is 4.01. The Labute approximate surface area is 144 Å². The number of ether oxygens (including phenoxy) is 2. The molecule has 2 rings (SSSR count). The number of amides is 1. The standard InChI is InChI=1S/C17H18INO3/c1-11-9-13(18)7-8-16(11)19-17(20)12(2)22-15-6-4-5-14(10-15)21-3/h4-10,12H,1-3H3,(H,19,20)/t12-/m0/s1. The summed E-state index contributed by atoms with van der Waals surface area (Å²) in [6.45, 7) is 3.68. The Morgan fingerprint density at radius 3 is 2.59 bits per heavy atom. The summed E-state index contributed by atoms with van der Waals surface area (Å²) in [4.78, 5) is 12.2. The molecule has 22 heavy (non-hydrogen) atoms. The number of methoxy groups -OCH3 is 1. The van der Waals surface area contributed by atoms with Crippen molar-refractivity contribution in [3.05, 3.63) is 51.6 Å². The number of halogens is 1.